The molecule has 1 heterocycles. The predicted molar refractivity (Wildman–Crippen MR) is 70.4 cm³/mol. The van der Waals surface area contributed by atoms with Crippen molar-refractivity contribution in [3.05, 3.63) is 0 Å². The molecule has 4 nitrogen and oxygen atoms in total. The molecule has 0 aromatic carbocycles. The Morgan fingerprint density at radius 2 is 2.18 bits per heavy atom. The fourth-order valence-corrected chi connectivity index (χ4v) is 2.49. The van der Waals surface area contributed by atoms with Gasteiger partial charge in [0.05, 0.1) is 12.7 Å². The summed E-state index contributed by atoms with van der Waals surface area (Å²) in [6.07, 6.45) is 1.58. The number of hydrogen-bond acceptors (Lipinski definition) is 4. The summed E-state index contributed by atoms with van der Waals surface area (Å²) in [6.45, 7) is 9.39. The van der Waals surface area contributed by atoms with Gasteiger partial charge in [-0.2, -0.15) is 0 Å². The van der Waals surface area contributed by atoms with Gasteiger partial charge in [0, 0.05) is 33.4 Å². The first kappa shape index (κ1) is 14.9. The van der Waals surface area contributed by atoms with Gasteiger partial charge in [0.2, 0.25) is 0 Å². The molecular formula is C13H28N2O2. The molecule has 0 radical (unpaired) electrons. The van der Waals surface area contributed by atoms with E-state index in [-0.39, 0.29) is 0 Å². The van der Waals surface area contributed by atoms with Gasteiger partial charge in [-0.3, -0.25) is 4.90 Å². The highest BCUT2D eigenvalue weighted by molar-refractivity contribution is 4.84. The van der Waals surface area contributed by atoms with Crippen LogP contribution in [0.3, 0.4) is 0 Å². The maximum atomic E-state index is 5.56. The van der Waals surface area contributed by atoms with Crippen LogP contribution in [-0.2, 0) is 9.47 Å². The largest absolute Gasteiger partial charge is 0.383 e. The molecule has 3 unspecified atom stereocenters. The minimum Gasteiger partial charge on any atom is -0.383 e. The number of methoxy groups -OCH3 is 2. The summed E-state index contributed by atoms with van der Waals surface area (Å²) in [5.41, 5.74) is 0. The average molecular weight is 244 g/mol. The van der Waals surface area contributed by atoms with Crippen LogP contribution >= 0.6 is 0 Å². The third kappa shape index (κ3) is 4.54. The Morgan fingerprint density at radius 3 is 2.76 bits per heavy atom. The number of nitrogens with zero attached hydrogens (tertiary/aromatic N) is 1. The van der Waals surface area contributed by atoms with Crippen molar-refractivity contribution in [2.75, 3.05) is 47.0 Å². The van der Waals surface area contributed by atoms with Gasteiger partial charge in [0.1, 0.15) is 0 Å². The van der Waals surface area contributed by atoms with E-state index in [0.29, 0.717) is 18.1 Å². The Balaban J connectivity index is 2.49. The van der Waals surface area contributed by atoms with Crippen LogP contribution in [0.2, 0.25) is 0 Å². The number of rotatable bonds is 7. The van der Waals surface area contributed by atoms with E-state index in [1.807, 2.05) is 7.11 Å². The molecule has 0 spiro atoms. The molecule has 1 fully saturated rings. The second-order valence-electron chi connectivity index (χ2n) is 4.95. The van der Waals surface area contributed by atoms with Crippen LogP contribution in [0.15, 0.2) is 0 Å². The number of hydrogen-bond donors (Lipinski definition) is 1. The van der Waals surface area contributed by atoms with Crippen molar-refractivity contribution in [1.29, 1.82) is 0 Å². The van der Waals surface area contributed by atoms with Crippen LogP contribution in [0.5, 0.6) is 0 Å². The molecule has 1 rings (SSSR count). The number of likely N-dealkylation sites (tertiary alicyclic amines) is 1. The molecule has 0 bridgehead atoms. The van der Waals surface area contributed by atoms with E-state index < -0.39 is 0 Å². The van der Waals surface area contributed by atoms with Crippen molar-refractivity contribution in [3.8, 4) is 0 Å². The molecule has 1 aliphatic rings. The normalized spacial score (nSPS) is 28.2. The topological polar surface area (TPSA) is 33.7 Å². The summed E-state index contributed by atoms with van der Waals surface area (Å²) in [4.78, 5) is 2.50. The lowest BCUT2D eigenvalue weighted by Gasteiger charge is -2.40. The summed E-state index contributed by atoms with van der Waals surface area (Å²) in [6, 6.07) is 0.463. The van der Waals surface area contributed by atoms with Crippen LogP contribution in [0.1, 0.15) is 20.3 Å². The molecule has 0 aromatic rings. The van der Waals surface area contributed by atoms with E-state index in [9.17, 15) is 0 Å². The zero-order valence-electron chi connectivity index (χ0n) is 11.7. The number of piperidine rings is 1. The summed E-state index contributed by atoms with van der Waals surface area (Å²) >= 11 is 0. The van der Waals surface area contributed by atoms with Crippen LogP contribution in [-0.4, -0.2) is 64.1 Å². The smallest absolute Gasteiger partial charge is 0.0724 e. The van der Waals surface area contributed by atoms with Crippen molar-refractivity contribution in [2.45, 2.75) is 32.4 Å². The highest BCUT2D eigenvalue weighted by atomic mass is 16.5. The monoisotopic (exact) mass is 244 g/mol. The maximum absolute atomic E-state index is 5.56. The predicted octanol–water partition coefficient (Wildman–Crippen LogP) is 0.968. The molecule has 0 saturated carbocycles. The first-order valence-corrected chi connectivity index (χ1v) is 6.69. The summed E-state index contributed by atoms with van der Waals surface area (Å²) in [7, 11) is 3.60. The molecule has 17 heavy (non-hydrogen) atoms. The lowest BCUT2D eigenvalue weighted by Crippen LogP contribution is -2.53. The second kappa shape index (κ2) is 8.03. The average Bonchev–Trinajstić information content (AvgIpc) is 2.35. The molecule has 1 aliphatic heterocycles. The third-order valence-corrected chi connectivity index (χ3v) is 3.73. The zero-order valence-corrected chi connectivity index (χ0v) is 11.7. The molecule has 1 N–H and O–H groups in total. The number of nitrogens with one attached hydrogen (secondary N) is 1. The molecular weight excluding hydrogens is 216 g/mol. The minimum absolute atomic E-state index is 0.365. The van der Waals surface area contributed by atoms with Gasteiger partial charge < -0.3 is 14.8 Å². The zero-order chi connectivity index (χ0) is 12.7. The Kier molecular flexibility index (Phi) is 7.04. The van der Waals surface area contributed by atoms with Crippen LogP contribution < -0.4 is 5.32 Å². The van der Waals surface area contributed by atoms with Gasteiger partial charge in [-0.05, 0) is 25.4 Å². The quantitative estimate of drug-likeness (QED) is 0.723. The Morgan fingerprint density at radius 1 is 1.41 bits per heavy atom. The van der Waals surface area contributed by atoms with Crippen molar-refractivity contribution >= 4 is 0 Å². The van der Waals surface area contributed by atoms with E-state index in [0.717, 1.165) is 32.8 Å². The fraction of sp³-hybridized carbons (Fsp3) is 1.00. The summed E-state index contributed by atoms with van der Waals surface area (Å²) in [5.74, 6) is 0.665. The van der Waals surface area contributed by atoms with Crippen LogP contribution in [0.4, 0.5) is 0 Å². The lowest BCUT2D eigenvalue weighted by atomic mass is 9.94. The molecule has 4 heteroatoms. The van der Waals surface area contributed by atoms with Crippen molar-refractivity contribution in [2.24, 2.45) is 5.92 Å². The van der Waals surface area contributed by atoms with Crippen molar-refractivity contribution < 1.29 is 9.47 Å². The third-order valence-electron chi connectivity index (χ3n) is 3.73. The molecule has 3 atom stereocenters. The van der Waals surface area contributed by atoms with Crippen molar-refractivity contribution in [3.63, 3.8) is 0 Å². The molecule has 1 saturated heterocycles. The Hall–Kier alpha value is -0.160. The van der Waals surface area contributed by atoms with Gasteiger partial charge in [0.15, 0.2) is 0 Å². The first-order valence-electron chi connectivity index (χ1n) is 6.69. The number of ether oxygens (including phenoxy) is 2. The standard InChI is InChI=1S/C13H28N2O2/c1-5-14-8-12(10-16-3)15-7-6-11(2)13(9-15)17-4/h11-14H,5-10H2,1-4H3. The van der Waals surface area contributed by atoms with Gasteiger partial charge in [0.25, 0.3) is 0 Å². The molecule has 102 valence electrons. The van der Waals surface area contributed by atoms with E-state index in [1.54, 1.807) is 7.11 Å². The van der Waals surface area contributed by atoms with E-state index >= 15 is 0 Å². The van der Waals surface area contributed by atoms with Gasteiger partial charge >= 0.3 is 0 Å². The highest BCUT2D eigenvalue weighted by Crippen LogP contribution is 2.21. The molecule has 0 amide bonds. The Bertz CT molecular complexity index is 202. The SMILES string of the molecule is CCNCC(COC)N1CCC(C)C(OC)C1. The minimum atomic E-state index is 0.365. The van der Waals surface area contributed by atoms with Crippen molar-refractivity contribution in [1.82, 2.24) is 10.2 Å². The van der Waals surface area contributed by atoms with Gasteiger partial charge in [-0.15, -0.1) is 0 Å². The fourth-order valence-electron chi connectivity index (χ4n) is 2.49. The van der Waals surface area contributed by atoms with E-state index in [2.05, 4.69) is 24.1 Å². The van der Waals surface area contributed by atoms with Crippen LogP contribution in [0.25, 0.3) is 0 Å². The number of likely N-dealkylation sites (N-methyl/N-ethyl adjacent to an activating group) is 1. The first-order chi connectivity index (χ1) is 8.22. The summed E-state index contributed by atoms with van der Waals surface area (Å²) < 4.78 is 10.9. The summed E-state index contributed by atoms with van der Waals surface area (Å²) in [5, 5.41) is 3.41. The molecule has 0 aromatic heterocycles. The highest BCUT2D eigenvalue weighted by Gasteiger charge is 2.29. The van der Waals surface area contributed by atoms with E-state index in [1.165, 1.54) is 6.42 Å². The molecule has 0 aliphatic carbocycles. The van der Waals surface area contributed by atoms with Crippen LogP contribution in [0, 0.1) is 5.92 Å². The van der Waals surface area contributed by atoms with E-state index in [4.69, 9.17) is 9.47 Å². The Labute approximate surface area is 106 Å². The maximum Gasteiger partial charge on any atom is 0.0724 e. The van der Waals surface area contributed by atoms with Gasteiger partial charge in [-0.25, -0.2) is 0 Å². The van der Waals surface area contributed by atoms with Gasteiger partial charge in [-0.1, -0.05) is 13.8 Å². The lowest BCUT2D eigenvalue weighted by molar-refractivity contribution is -0.0302. The second-order valence-corrected chi connectivity index (χ2v) is 4.95.